The van der Waals surface area contributed by atoms with E-state index in [0.29, 0.717) is 16.8 Å². The fourth-order valence-electron chi connectivity index (χ4n) is 3.02. The van der Waals surface area contributed by atoms with Gasteiger partial charge in [-0.3, -0.25) is 9.36 Å². The van der Waals surface area contributed by atoms with Crippen molar-refractivity contribution >= 4 is 28.5 Å². The number of fused-ring (bicyclic) bond motifs is 1. The quantitative estimate of drug-likeness (QED) is 0.567. The second-order valence-electron chi connectivity index (χ2n) is 6.15. The van der Waals surface area contributed by atoms with Gasteiger partial charge in [0, 0.05) is 17.8 Å². The standard InChI is InChI=1S/C20H14ClFN4O/c1-11-6-7-26(14-3-4-16(22)15(21)9-14)19(27)18(11)12-2-5-17-13(8-12)10-24-20(23)25-17/h2-10H,1H3,(H2,23,24,25). The summed E-state index contributed by atoms with van der Waals surface area (Å²) in [5, 5.41) is 0.739. The van der Waals surface area contributed by atoms with Gasteiger partial charge in [-0.2, -0.15) is 0 Å². The van der Waals surface area contributed by atoms with Crippen molar-refractivity contribution in [2.45, 2.75) is 6.92 Å². The summed E-state index contributed by atoms with van der Waals surface area (Å²) < 4.78 is 14.9. The number of hydrogen-bond donors (Lipinski definition) is 1. The molecule has 0 amide bonds. The van der Waals surface area contributed by atoms with Crippen LogP contribution in [0.4, 0.5) is 10.3 Å². The summed E-state index contributed by atoms with van der Waals surface area (Å²) in [6, 6.07) is 11.5. The molecule has 2 aromatic carbocycles. The summed E-state index contributed by atoms with van der Waals surface area (Å²) in [7, 11) is 0. The molecule has 2 aromatic heterocycles. The van der Waals surface area contributed by atoms with Crippen LogP contribution in [-0.2, 0) is 0 Å². The number of pyridine rings is 1. The molecule has 5 nitrogen and oxygen atoms in total. The Balaban J connectivity index is 1.92. The highest BCUT2D eigenvalue weighted by Gasteiger charge is 2.13. The monoisotopic (exact) mass is 380 g/mol. The maximum atomic E-state index is 13.5. The first kappa shape index (κ1) is 17.2. The van der Waals surface area contributed by atoms with Gasteiger partial charge in [0.1, 0.15) is 5.82 Å². The van der Waals surface area contributed by atoms with Crippen molar-refractivity contribution in [1.29, 1.82) is 0 Å². The predicted octanol–water partition coefficient (Wildman–Crippen LogP) is 4.13. The van der Waals surface area contributed by atoms with E-state index in [1.165, 1.54) is 22.8 Å². The minimum atomic E-state index is -0.533. The van der Waals surface area contributed by atoms with Gasteiger partial charge in [0.05, 0.1) is 21.8 Å². The summed E-state index contributed by atoms with van der Waals surface area (Å²) in [5.41, 5.74) is 8.67. The molecule has 0 fully saturated rings. The minimum Gasteiger partial charge on any atom is -0.368 e. The van der Waals surface area contributed by atoms with E-state index >= 15 is 0 Å². The van der Waals surface area contributed by atoms with Crippen LogP contribution in [0.1, 0.15) is 5.56 Å². The van der Waals surface area contributed by atoms with Crippen LogP contribution in [0.5, 0.6) is 0 Å². The van der Waals surface area contributed by atoms with Gasteiger partial charge in [0.2, 0.25) is 5.95 Å². The molecule has 0 spiro atoms. The summed E-state index contributed by atoms with van der Waals surface area (Å²) in [4.78, 5) is 21.3. The lowest BCUT2D eigenvalue weighted by molar-refractivity contribution is 0.627. The molecule has 134 valence electrons. The number of rotatable bonds is 2. The molecule has 0 aliphatic heterocycles. The van der Waals surface area contributed by atoms with E-state index in [-0.39, 0.29) is 16.5 Å². The normalized spacial score (nSPS) is 11.1. The highest BCUT2D eigenvalue weighted by Crippen LogP contribution is 2.25. The summed E-state index contributed by atoms with van der Waals surface area (Å²) in [6.07, 6.45) is 3.27. The van der Waals surface area contributed by atoms with Gasteiger partial charge in [0.15, 0.2) is 0 Å². The average molecular weight is 381 g/mol. The number of benzene rings is 2. The van der Waals surface area contributed by atoms with Crippen molar-refractivity contribution in [2.24, 2.45) is 0 Å². The van der Waals surface area contributed by atoms with Gasteiger partial charge in [-0.1, -0.05) is 17.7 Å². The Morgan fingerprint density at radius 3 is 2.74 bits per heavy atom. The number of aromatic nitrogens is 3. The molecule has 0 bridgehead atoms. The summed E-state index contributed by atoms with van der Waals surface area (Å²) in [6.45, 7) is 1.86. The molecule has 0 unspecified atom stereocenters. The van der Waals surface area contributed by atoms with Gasteiger partial charge < -0.3 is 5.73 Å². The number of anilines is 1. The van der Waals surface area contributed by atoms with Gasteiger partial charge in [0.25, 0.3) is 5.56 Å². The number of hydrogen-bond acceptors (Lipinski definition) is 4. The lowest BCUT2D eigenvalue weighted by Crippen LogP contribution is -2.20. The molecule has 2 heterocycles. The van der Waals surface area contributed by atoms with Gasteiger partial charge in [-0.05, 0) is 54.4 Å². The lowest BCUT2D eigenvalue weighted by atomic mass is 10.0. The Morgan fingerprint density at radius 1 is 1.15 bits per heavy atom. The van der Waals surface area contributed by atoms with E-state index in [4.69, 9.17) is 17.3 Å². The van der Waals surface area contributed by atoms with Crippen LogP contribution in [0.15, 0.2) is 59.7 Å². The van der Waals surface area contributed by atoms with E-state index in [2.05, 4.69) is 9.97 Å². The molecular formula is C20H14ClFN4O. The molecule has 4 aromatic rings. The molecule has 0 saturated carbocycles. The third-order valence-electron chi connectivity index (χ3n) is 4.37. The van der Waals surface area contributed by atoms with E-state index in [0.717, 1.165) is 16.5 Å². The first-order chi connectivity index (χ1) is 12.9. The lowest BCUT2D eigenvalue weighted by Gasteiger charge is -2.12. The molecule has 0 saturated heterocycles. The summed E-state index contributed by atoms with van der Waals surface area (Å²) in [5.74, 6) is -0.337. The highest BCUT2D eigenvalue weighted by atomic mass is 35.5. The van der Waals surface area contributed by atoms with Crippen molar-refractivity contribution in [3.8, 4) is 16.8 Å². The molecule has 7 heteroatoms. The van der Waals surface area contributed by atoms with Crippen LogP contribution < -0.4 is 11.3 Å². The third kappa shape index (κ3) is 3.04. The highest BCUT2D eigenvalue weighted by molar-refractivity contribution is 6.30. The Labute approximate surface area is 158 Å². The van der Waals surface area contributed by atoms with Gasteiger partial charge in [-0.15, -0.1) is 0 Å². The Bertz CT molecular complexity index is 1250. The largest absolute Gasteiger partial charge is 0.368 e. The number of nitrogens with zero attached hydrogens (tertiary/aromatic N) is 3. The maximum Gasteiger partial charge on any atom is 0.263 e. The topological polar surface area (TPSA) is 73.8 Å². The van der Waals surface area contributed by atoms with E-state index in [1.54, 1.807) is 18.5 Å². The van der Waals surface area contributed by atoms with Crippen LogP contribution in [0.3, 0.4) is 0 Å². The number of halogens is 2. The maximum absolute atomic E-state index is 13.5. The van der Waals surface area contributed by atoms with E-state index in [1.807, 2.05) is 25.1 Å². The molecule has 2 N–H and O–H groups in total. The number of nitrogens with two attached hydrogens (primary N) is 1. The first-order valence-electron chi connectivity index (χ1n) is 8.14. The molecular weight excluding hydrogens is 367 g/mol. The third-order valence-corrected chi connectivity index (χ3v) is 4.66. The van der Waals surface area contributed by atoms with Crippen LogP contribution in [0, 0.1) is 12.7 Å². The SMILES string of the molecule is Cc1ccn(-c2ccc(F)c(Cl)c2)c(=O)c1-c1ccc2nc(N)ncc2c1. The van der Waals surface area contributed by atoms with E-state index in [9.17, 15) is 9.18 Å². The van der Waals surface area contributed by atoms with Crippen molar-refractivity contribution in [3.05, 3.63) is 81.6 Å². The predicted molar refractivity (Wildman–Crippen MR) is 105 cm³/mol. The van der Waals surface area contributed by atoms with Gasteiger partial charge >= 0.3 is 0 Å². The van der Waals surface area contributed by atoms with Crippen LogP contribution in [0.25, 0.3) is 27.7 Å². The molecule has 27 heavy (non-hydrogen) atoms. The second-order valence-corrected chi connectivity index (χ2v) is 6.56. The summed E-state index contributed by atoms with van der Waals surface area (Å²) >= 11 is 5.87. The van der Waals surface area contributed by atoms with Crippen molar-refractivity contribution in [3.63, 3.8) is 0 Å². The molecule has 0 radical (unpaired) electrons. The molecule has 4 rings (SSSR count). The Morgan fingerprint density at radius 2 is 1.96 bits per heavy atom. The Kier molecular flexibility index (Phi) is 4.12. The van der Waals surface area contributed by atoms with E-state index < -0.39 is 5.82 Å². The van der Waals surface area contributed by atoms with Crippen LogP contribution in [0.2, 0.25) is 5.02 Å². The number of aryl methyl sites for hydroxylation is 1. The molecule has 0 atom stereocenters. The molecule has 0 aliphatic rings. The Hall–Kier alpha value is -3.25. The minimum absolute atomic E-state index is 0.0398. The first-order valence-corrected chi connectivity index (χ1v) is 8.52. The molecule has 0 aliphatic carbocycles. The fraction of sp³-hybridized carbons (Fsp3) is 0.0500. The van der Waals surface area contributed by atoms with Gasteiger partial charge in [-0.25, -0.2) is 14.4 Å². The van der Waals surface area contributed by atoms with Crippen molar-refractivity contribution in [2.75, 3.05) is 5.73 Å². The zero-order chi connectivity index (χ0) is 19.1. The van der Waals surface area contributed by atoms with Crippen molar-refractivity contribution < 1.29 is 4.39 Å². The van der Waals surface area contributed by atoms with Crippen LogP contribution >= 0.6 is 11.6 Å². The smallest absolute Gasteiger partial charge is 0.263 e. The fourth-order valence-corrected chi connectivity index (χ4v) is 3.19. The zero-order valence-electron chi connectivity index (χ0n) is 14.3. The zero-order valence-corrected chi connectivity index (χ0v) is 15.0. The number of nitrogen functional groups attached to an aromatic ring is 1. The van der Waals surface area contributed by atoms with Crippen LogP contribution in [-0.4, -0.2) is 14.5 Å². The van der Waals surface area contributed by atoms with Crippen molar-refractivity contribution in [1.82, 2.24) is 14.5 Å². The average Bonchev–Trinajstić information content (AvgIpc) is 2.64. The second kappa shape index (κ2) is 6.48.